The van der Waals surface area contributed by atoms with Crippen LogP contribution in [0.25, 0.3) is 0 Å². The minimum Gasteiger partial charge on any atom is -0.460 e. The number of nitrogens with zero attached hydrogens (tertiary/aromatic N) is 4. The van der Waals surface area contributed by atoms with E-state index in [2.05, 4.69) is 10.6 Å². The molecule has 0 unspecified atom stereocenters. The molecule has 3 amide bonds. The van der Waals surface area contributed by atoms with Crippen molar-refractivity contribution in [3.63, 3.8) is 0 Å². The van der Waals surface area contributed by atoms with Crippen LogP contribution in [-0.4, -0.2) is 83.3 Å². The van der Waals surface area contributed by atoms with Gasteiger partial charge in [0.1, 0.15) is 12.1 Å². The Kier molecular flexibility index (Phi) is 17.7. The van der Waals surface area contributed by atoms with Crippen molar-refractivity contribution in [1.29, 1.82) is 0 Å². The molecular weight excluding hydrogens is 1010 g/mol. The van der Waals surface area contributed by atoms with Gasteiger partial charge in [-0.2, -0.15) is 26.3 Å². The standard InChI is InChI=1S/C56H62F6N10O5/c1-54(2,3)77-46(73)13-6-24-69-29-22-37(23-30-69)51(74)70(25-7-27-71-33-44(67-42-11-4-9-38(31-42)55(57,58)59)47(52(71)75)49(65)35-14-18-40(63)19-15-35)26-8-28-72-34-45(68-43-12-5-10-39(32-43)56(60,61)62)48(53(72)76)50(66)36-16-20-41(64)21-17-36/h4-5,9-12,14-23,29-32,49-50H,6-8,13,24-28,33-34,63-66H2,1-3H3,(H-,67,68,75,76)/p+1/t49-,50-/m1/s1. The number of anilines is 4. The van der Waals surface area contributed by atoms with Crippen molar-refractivity contribution in [3.8, 4) is 0 Å². The van der Waals surface area contributed by atoms with E-state index < -0.39 is 53.0 Å². The predicted octanol–water partition coefficient (Wildman–Crippen LogP) is 8.34. The Hall–Kier alpha value is -7.91. The summed E-state index contributed by atoms with van der Waals surface area (Å²) < 4.78 is 89.7. The summed E-state index contributed by atoms with van der Waals surface area (Å²) in [4.78, 5) is 60.0. The van der Waals surface area contributed by atoms with Gasteiger partial charge < -0.3 is 53.0 Å². The van der Waals surface area contributed by atoms with Crippen LogP contribution in [0.1, 0.15) is 91.1 Å². The second-order valence-corrected chi connectivity index (χ2v) is 19.9. The molecule has 77 heavy (non-hydrogen) atoms. The molecule has 0 spiro atoms. The van der Waals surface area contributed by atoms with Gasteiger partial charge in [-0.25, -0.2) is 4.57 Å². The number of rotatable bonds is 21. The van der Waals surface area contributed by atoms with Crippen molar-refractivity contribution in [1.82, 2.24) is 14.7 Å². The SMILES string of the molecule is CC(C)(C)OC(=O)CCC[n+]1ccc(C(=O)N(CCCN2CC(Nc3cccc(C(F)(F)F)c3)=C([C@H](N)c3ccc(N)cc3)C2=O)CCCN2CC(Nc3cccc(C(F)(F)F)c3)=C([C@H](N)c3ccc(N)cc3)C2=O)cc1. The summed E-state index contributed by atoms with van der Waals surface area (Å²) >= 11 is 0. The van der Waals surface area contributed by atoms with Crippen molar-refractivity contribution >= 4 is 46.4 Å². The number of aromatic nitrogens is 1. The minimum absolute atomic E-state index is 0.0323. The first kappa shape index (κ1) is 56.8. The molecule has 21 heteroatoms. The third-order valence-corrected chi connectivity index (χ3v) is 12.9. The fourth-order valence-electron chi connectivity index (χ4n) is 9.10. The predicted molar refractivity (Wildman–Crippen MR) is 280 cm³/mol. The lowest BCUT2D eigenvalue weighted by atomic mass is 9.98. The monoisotopic (exact) mass is 1070 g/mol. The molecule has 2 aliphatic rings. The molecule has 15 nitrogen and oxygen atoms in total. The quantitative estimate of drug-likeness (QED) is 0.0178. The molecule has 0 fully saturated rings. The van der Waals surface area contributed by atoms with E-state index in [9.17, 15) is 45.5 Å². The normalized spacial score (nSPS) is 15.1. The minimum atomic E-state index is -4.62. The van der Waals surface area contributed by atoms with E-state index in [1.54, 1.807) is 98.7 Å². The maximum atomic E-state index is 14.5. The third kappa shape index (κ3) is 14.9. The van der Waals surface area contributed by atoms with Gasteiger partial charge in [0, 0.05) is 78.9 Å². The van der Waals surface area contributed by atoms with Crippen molar-refractivity contribution in [2.75, 3.05) is 61.4 Å². The van der Waals surface area contributed by atoms with Gasteiger partial charge >= 0.3 is 18.3 Å². The molecule has 408 valence electrons. The van der Waals surface area contributed by atoms with Crippen molar-refractivity contribution in [3.05, 3.63) is 172 Å². The number of hydrogen-bond acceptors (Lipinski definition) is 11. The Morgan fingerprint density at radius 2 is 1.08 bits per heavy atom. The number of pyridine rings is 1. The zero-order chi connectivity index (χ0) is 55.8. The second-order valence-electron chi connectivity index (χ2n) is 19.9. The number of nitrogens with two attached hydrogens (primary N) is 4. The fraction of sp³-hybridized carbons (Fsp3) is 0.339. The molecule has 10 N–H and O–H groups in total. The number of halogens is 6. The molecular formula is C56H63F6N10O5+. The van der Waals surface area contributed by atoms with Crippen LogP contribution in [0.2, 0.25) is 0 Å². The molecule has 0 saturated carbocycles. The number of benzene rings is 4. The molecule has 0 aliphatic carbocycles. The van der Waals surface area contributed by atoms with Gasteiger partial charge in [-0.1, -0.05) is 36.4 Å². The number of alkyl halides is 6. The Morgan fingerprint density at radius 1 is 0.649 bits per heavy atom. The van der Waals surface area contributed by atoms with Crippen LogP contribution in [0.5, 0.6) is 0 Å². The van der Waals surface area contributed by atoms with Crippen LogP contribution in [0.4, 0.5) is 49.1 Å². The summed E-state index contributed by atoms with van der Waals surface area (Å²) in [6.45, 7) is 6.22. The molecule has 5 aromatic rings. The first-order valence-electron chi connectivity index (χ1n) is 25.0. The van der Waals surface area contributed by atoms with Gasteiger partial charge in [-0.3, -0.25) is 19.2 Å². The zero-order valence-electron chi connectivity index (χ0n) is 42.9. The van der Waals surface area contributed by atoms with Crippen LogP contribution >= 0.6 is 0 Å². The van der Waals surface area contributed by atoms with Gasteiger partial charge in [-0.15, -0.1) is 0 Å². The van der Waals surface area contributed by atoms with E-state index >= 15 is 0 Å². The average molecular weight is 1070 g/mol. The van der Waals surface area contributed by atoms with Crippen LogP contribution in [0.15, 0.2) is 144 Å². The maximum Gasteiger partial charge on any atom is 0.416 e. The lowest BCUT2D eigenvalue weighted by molar-refractivity contribution is -0.697. The number of amides is 3. The highest BCUT2D eigenvalue weighted by molar-refractivity contribution is 6.00. The molecule has 2 atom stereocenters. The van der Waals surface area contributed by atoms with E-state index in [4.69, 9.17) is 27.7 Å². The lowest BCUT2D eigenvalue weighted by Gasteiger charge is -2.26. The number of aryl methyl sites for hydroxylation is 1. The Morgan fingerprint density at radius 3 is 1.48 bits per heavy atom. The Labute approximate surface area is 442 Å². The first-order chi connectivity index (χ1) is 36.3. The van der Waals surface area contributed by atoms with Crippen LogP contribution in [0, 0.1) is 0 Å². The average Bonchev–Trinajstić information content (AvgIpc) is 3.86. The number of carbonyl (C=O) groups excluding carboxylic acids is 4. The second kappa shape index (κ2) is 24.0. The van der Waals surface area contributed by atoms with E-state index in [1.165, 1.54) is 34.1 Å². The summed E-state index contributed by atoms with van der Waals surface area (Å²) in [5.74, 6) is -1.60. The topological polar surface area (TPSA) is 219 Å². The van der Waals surface area contributed by atoms with Crippen LogP contribution < -0.4 is 38.1 Å². The number of hydrogen-bond donors (Lipinski definition) is 6. The van der Waals surface area contributed by atoms with Crippen molar-refractivity contribution in [2.24, 2.45) is 11.5 Å². The van der Waals surface area contributed by atoms with Crippen molar-refractivity contribution in [2.45, 2.75) is 83.0 Å². The van der Waals surface area contributed by atoms with E-state index in [1.807, 2.05) is 4.57 Å². The van der Waals surface area contributed by atoms with Crippen LogP contribution in [0.3, 0.4) is 0 Å². The molecule has 7 rings (SSSR count). The highest BCUT2D eigenvalue weighted by Crippen LogP contribution is 2.36. The highest BCUT2D eigenvalue weighted by atomic mass is 19.4. The Bertz CT molecular complexity index is 2840. The van der Waals surface area contributed by atoms with E-state index in [0.29, 0.717) is 52.4 Å². The molecule has 0 radical (unpaired) electrons. The fourth-order valence-corrected chi connectivity index (χ4v) is 9.10. The van der Waals surface area contributed by atoms with Gasteiger partial charge in [-0.05, 0) is 105 Å². The van der Waals surface area contributed by atoms with E-state index in [-0.39, 0.29) is 92.9 Å². The molecule has 2 aliphatic heterocycles. The molecule has 1 aromatic heterocycles. The third-order valence-electron chi connectivity index (χ3n) is 12.9. The van der Waals surface area contributed by atoms with Gasteiger partial charge in [0.2, 0.25) is 0 Å². The number of esters is 1. The van der Waals surface area contributed by atoms with Crippen molar-refractivity contribution < 1.29 is 54.8 Å². The largest absolute Gasteiger partial charge is 0.460 e. The van der Waals surface area contributed by atoms with Gasteiger partial charge in [0.25, 0.3) is 17.7 Å². The summed E-state index contributed by atoms with van der Waals surface area (Å²) in [6, 6.07) is 23.7. The van der Waals surface area contributed by atoms with E-state index in [0.717, 1.165) is 24.3 Å². The summed E-state index contributed by atoms with van der Waals surface area (Å²) in [7, 11) is 0. The molecule has 3 heterocycles. The zero-order valence-corrected chi connectivity index (χ0v) is 42.9. The maximum absolute atomic E-state index is 14.5. The lowest BCUT2D eigenvalue weighted by Crippen LogP contribution is -2.39. The molecule has 4 aromatic carbocycles. The Balaban J connectivity index is 1.09. The number of ether oxygens (including phenoxy) is 1. The smallest absolute Gasteiger partial charge is 0.416 e. The molecule has 0 saturated heterocycles. The summed E-state index contributed by atoms with van der Waals surface area (Å²) in [5.41, 5.74) is 26.3. The summed E-state index contributed by atoms with van der Waals surface area (Å²) in [5, 5.41) is 6.05. The van der Waals surface area contributed by atoms with Crippen LogP contribution in [-0.2, 0) is 38.0 Å². The summed E-state index contributed by atoms with van der Waals surface area (Å²) in [6.07, 6.45) is -4.63. The van der Waals surface area contributed by atoms with Gasteiger partial charge in [0.15, 0.2) is 12.4 Å². The number of nitrogen functional groups attached to an aromatic ring is 2. The number of nitrogens with one attached hydrogen (secondary N) is 2. The highest BCUT2D eigenvalue weighted by Gasteiger charge is 2.38. The molecule has 0 bridgehead atoms. The first-order valence-corrected chi connectivity index (χ1v) is 25.0. The number of carbonyl (C=O) groups is 4. The van der Waals surface area contributed by atoms with Gasteiger partial charge in [0.05, 0.1) is 59.4 Å².